The van der Waals surface area contributed by atoms with Gasteiger partial charge in [0.05, 0.1) is 17.7 Å². The molecular formula is C27H27N3O2. The second kappa shape index (κ2) is 10.6. The molecule has 0 aromatic heterocycles. The van der Waals surface area contributed by atoms with Crippen molar-refractivity contribution in [1.29, 1.82) is 5.26 Å². The molecule has 162 valence electrons. The number of rotatable bonds is 6. The molecule has 0 spiro atoms. The van der Waals surface area contributed by atoms with E-state index in [9.17, 15) is 4.79 Å². The molecule has 32 heavy (non-hydrogen) atoms. The minimum absolute atomic E-state index is 0.0936. The number of hydrogen-bond acceptors (Lipinski definition) is 4. The lowest BCUT2D eigenvalue weighted by Gasteiger charge is -2.32. The summed E-state index contributed by atoms with van der Waals surface area (Å²) >= 11 is 0. The lowest BCUT2D eigenvalue weighted by Crippen LogP contribution is -2.40. The van der Waals surface area contributed by atoms with Crippen LogP contribution in [0.5, 0.6) is 0 Å². The number of amides is 1. The fraction of sp³-hybridized carbons (Fsp3) is 0.259. The van der Waals surface area contributed by atoms with Crippen LogP contribution in [0.1, 0.15) is 41.1 Å². The van der Waals surface area contributed by atoms with Gasteiger partial charge in [0.2, 0.25) is 0 Å². The summed E-state index contributed by atoms with van der Waals surface area (Å²) in [6.07, 6.45) is 1.12. The van der Waals surface area contributed by atoms with Gasteiger partial charge in [-0.15, -0.1) is 0 Å². The molecule has 1 amide bonds. The van der Waals surface area contributed by atoms with Gasteiger partial charge < -0.3 is 10.1 Å². The van der Waals surface area contributed by atoms with Crippen LogP contribution in [0.3, 0.4) is 0 Å². The van der Waals surface area contributed by atoms with Crippen molar-refractivity contribution in [2.75, 3.05) is 13.1 Å². The van der Waals surface area contributed by atoms with Gasteiger partial charge in [0.15, 0.2) is 0 Å². The number of nitrogens with zero attached hydrogens (tertiary/aromatic N) is 2. The van der Waals surface area contributed by atoms with Crippen molar-refractivity contribution < 1.29 is 9.53 Å². The largest absolute Gasteiger partial charge is 0.446 e. The summed E-state index contributed by atoms with van der Waals surface area (Å²) in [5.74, 6) is 0. The predicted molar refractivity (Wildman–Crippen MR) is 124 cm³/mol. The number of ether oxygens (including phenoxy) is 1. The first-order chi connectivity index (χ1) is 15.7. The van der Waals surface area contributed by atoms with Gasteiger partial charge in [-0.05, 0) is 41.7 Å². The first-order valence-electron chi connectivity index (χ1n) is 11.0. The van der Waals surface area contributed by atoms with E-state index < -0.39 is 0 Å². The zero-order valence-corrected chi connectivity index (χ0v) is 18.0. The van der Waals surface area contributed by atoms with Crippen molar-refractivity contribution in [2.45, 2.75) is 31.5 Å². The minimum atomic E-state index is -0.386. The average molecular weight is 426 g/mol. The fourth-order valence-electron chi connectivity index (χ4n) is 4.14. The second-order valence-electron chi connectivity index (χ2n) is 8.09. The first kappa shape index (κ1) is 21.6. The van der Waals surface area contributed by atoms with E-state index in [2.05, 4.69) is 16.3 Å². The molecule has 0 saturated carbocycles. The van der Waals surface area contributed by atoms with Crippen molar-refractivity contribution in [3.8, 4) is 6.07 Å². The number of benzene rings is 3. The predicted octanol–water partition coefficient (Wildman–Crippen LogP) is 5.04. The summed E-state index contributed by atoms with van der Waals surface area (Å²) in [6.45, 7) is 2.52. The summed E-state index contributed by atoms with van der Waals surface area (Å²) in [4.78, 5) is 15.1. The third-order valence-corrected chi connectivity index (χ3v) is 5.80. The van der Waals surface area contributed by atoms with Crippen LogP contribution >= 0.6 is 0 Å². The molecule has 5 nitrogen and oxygen atoms in total. The third kappa shape index (κ3) is 5.75. The van der Waals surface area contributed by atoms with Gasteiger partial charge in [0.25, 0.3) is 0 Å². The Bertz CT molecular complexity index is 1020. The minimum Gasteiger partial charge on any atom is -0.446 e. The normalized spacial score (nSPS) is 14.6. The van der Waals surface area contributed by atoms with Crippen molar-refractivity contribution in [2.24, 2.45) is 0 Å². The summed E-state index contributed by atoms with van der Waals surface area (Å²) in [5.41, 5.74) is 3.86. The molecule has 0 aliphatic carbocycles. The van der Waals surface area contributed by atoms with E-state index in [1.54, 1.807) is 0 Å². The number of carbonyl (C=O) groups excluding carboxylic acids is 1. The summed E-state index contributed by atoms with van der Waals surface area (Å²) < 4.78 is 5.78. The molecule has 1 aliphatic rings. The van der Waals surface area contributed by atoms with Crippen molar-refractivity contribution in [3.05, 3.63) is 107 Å². The molecule has 1 saturated heterocycles. The van der Waals surface area contributed by atoms with Crippen LogP contribution in [0, 0.1) is 11.3 Å². The van der Waals surface area contributed by atoms with Gasteiger partial charge in [0, 0.05) is 19.6 Å². The average Bonchev–Trinajstić information content (AvgIpc) is 2.85. The van der Waals surface area contributed by atoms with Crippen LogP contribution in [-0.2, 0) is 11.3 Å². The molecule has 3 aromatic carbocycles. The van der Waals surface area contributed by atoms with Crippen LogP contribution in [0.4, 0.5) is 4.79 Å². The number of piperidine rings is 1. The molecule has 1 fully saturated rings. The van der Waals surface area contributed by atoms with Crippen LogP contribution in [0.25, 0.3) is 0 Å². The molecule has 0 unspecified atom stereocenters. The molecule has 1 heterocycles. The van der Waals surface area contributed by atoms with Gasteiger partial charge in [-0.2, -0.15) is 5.26 Å². The SMILES string of the molecule is N#Cc1cccc(CN2CCC(OC(=O)NC(c3ccccc3)c3ccccc3)CC2)c1. The van der Waals surface area contributed by atoms with Crippen LogP contribution in [-0.4, -0.2) is 30.2 Å². The van der Waals surface area contributed by atoms with Crippen LogP contribution in [0.15, 0.2) is 84.9 Å². The van der Waals surface area contributed by atoms with Crippen molar-refractivity contribution in [3.63, 3.8) is 0 Å². The Kier molecular flexibility index (Phi) is 7.16. The van der Waals surface area contributed by atoms with Crippen LogP contribution < -0.4 is 5.32 Å². The molecule has 0 radical (unpaired) electrons. The Hall–Kier alpha value is -3.62. The molecule has 1 N–H and O–H groups in total. The van der Waals surface area contributed by atoms with E-state index in [4.69, 9.17) is 10.00 Å². The maximum absolute atomic E-state index is 12.7. The third-order valence-electron chi connectivity index (χ3n) is 5.80. The topological polar surface area (TPSA) is 65.4 Å². The van der Waals surface area contributed by atoms with Crippen molar-refractivity contribution >= 4 is 6.09 Å². The van der Waals surface area contributed by atoms with E-state index >= 15 is 0 Å². The zero-order chi connectivity index (χ0) is 22.2. The van der Waals surface area contributed by atoms with Gasteiger partial charge in [-0.25, -0.2) is 4.79 Å². The standard InChI is InChI=1S/C27H27N3O2/c28-19-21-8-7-9-22(18-21)20-30-16-14-25(15-17-30)32-27(31)29-26(23-10-3-1-4-11-23)24-12-5-2-6-13-24/h1-13,18,25-26H,14-17,20H2,(H,29,31). The number of nitriles is 1. The number of hydrogen-bond donors (Lipinski definition) is 1. The summed E-state index contributed by atoms with van der Waals surface area (Å²) in [6, 6.07) is 29.5. The lowest BCUT2D eigenvalue weighted by atomic mass is 9.99. The lowest BCUT2D eigenvalue weighted by molar-refractivity contribution is 0.0476. The highest BCUT2D eigenvalue weighted by atomic mass is 16.6. The van der Waals surface area contributed by atoms with Gasteiger partial charge in [-0.1, -0.05) is 72.8 Å². The van der Waals surface area contributed by atoms with E-state index in [1.807, 2.05) is 84.9 Å². The van der Waals surface area contributed by atoms with E-state index in [-0.39, 0.29) is 18.2 Å². The maximum Gasteiger partial charge on any atom is 0.408 e. The monoisotopic (exact) mass is 425 g/mol. The Morgan fingerprint density at radius 2 is 1.59 bits per heavy atom. The number of alkyl carbamates (subject to hydrolysis) is 1. The highest BCUT2D eigenvalue weighted by Gasteiger charge is 2.24. The second-order valence-corrected chi connectivity index (χ2v) is 8.09. The molecule has 3 aromatic rings. The summed E-state index contributed by atoms with van der Waals surface area (Å²) in [7, 11) is 0. The Balaban J connectivity index is 1.31. The quantitative estimate of drug-likeness (QED) is 0.601. The number of likely N-dealkylation sites (tertiary alicyclic amines) is 1. The molecule has 1 aliphatic heterocycles. The highest BCUT2D eigenvalue weighted by molar-refractivity contribution is 5.69. The Morgan fingerprint density at radius 3 is 2.19 bits per heavy atom. The van der Waals surface area contributed by atoms with E-state index in [0.717, 1.165) is 49.2 Å². The number of nitrogens with one attached hydrogen (secondary N) is 1. The number of carbonyl (C=O) groups is 1. The molecular weight excluding hydrogens is 398 g/mol. The van der Waals surface area contributed by atoms with E-state index in [0.29, 0.717) is 5.56 Å². The molecule has 0 atom stereocenters. The molecule has 5 heteroatoms. The molecule has 0 bridgehead atoms. The summed E-state index contributed by atoms with van der Waals surface area (Å²) in [5, 5.41) is 12.1. The van der Waals surface area contributed by atoms with Crippen molar-refractivity contribution in [1.82, 2.24) is 10.2 Å². The first-order valence-corrected chi connectivity index (χ1v) is 11.0. The van der Waals surface area contributed by atoms with Crippen LogP contribution in [0.2, 0.25) is 0 Å². The van der Waals surface area contributed by atoms with Gasteiger partial charge >= 0.3 is 6.09 Å². The smallest absolute Gasteiger partial charge is 0.408 e. The zero-order valence-electron chi connectivity index (χ0n) is 18.0. The van der Waals surface area contributed by atoms with Gasteiger partial charge in [-0.3, -0.25) is 4.90 Å². The highest BCUT2D eigenvalue weighted by Crippen LogP contribution is 2.23. The van der Waals surface area contributed by atoms with E-state index in [1.165, 1.54) is 0 Å². The Morgan fingerprint density at radius 1 is 0.969 bits per heavy atom. The van der Waals surface area contributed by atoms with Gasteiger partial charge in [0.1, 0.15) is 6.10 Å². The fourth-order valence-corrected chi connectivity index (χ4v) is 4.14. The molecule has 4 rings (SSSR count). The Labute approximate surface area is 189 Å². The maximum atomic E-state index is 12.7.